The minimum Gasteiger partial charge on any atom is -0.497 e. The lowest BCUT2D eigenvalue weighted by molar-refractivity contribution is -0.121. The van der Waals surface area contributed by atoms with Gasteiger partial charge in [0.2, 0.25) is 11.8 Å². The fourth-order valence-electron chi connectivity index (χ4n) is 3.29. The molecule has 0 aliphatic carbocycles. The molecule has 164 valence electrons. The molecule has 0 radical (unpaired) electrons. The standard InChI is InChI=1S/C24H29N3O4/c1-4-5-22-26-24(31-27-22)15-14-23(28)25-21(18-8-12-20(30-3)13-9-18)16-17-6-10-19(29-2)11-7-17/h6-13,21H,4-5,14-16H2,1-3H3,(H,25,28). The van der Waals surface area contributed by atoms with Gasteiger partial charge in [0, 0.05) is 19.3 Å². The van der Waals surface area contributed by atoms with E-state index in [2.05, 4.69) is 22.4 Å². The molecule has 0 spiro atoms. The molecular weight excluding hydrogens is 394 g/mol. The topological polar surface area (TPSA) is 86.5 Å². The summed E-state index contributed by atoms with van der Waals surface area (Å²) in [6.07, 6.45) is 3.08. The summed E-state index contributed by atoms with van der Waals surface area (Å²) in [6.45, 7) is 2.06. The van der Waals surface area contributed by atoms with Crippen molar-refractivity contribution in [2.75, 3.05) is 14.2 Å². The number of hydrogen-bond acceptors (Lipinski definition) is 6. The molecule has 1 N–H and O–H groups in total. The number of hydrogen-bond donors (Lipinski definition) is 1. The van der Waals surface area contributed by atoms with Gasteiger partial charge in [-0.3, -0.25) is 4.79 Å². The van der Waals surface area contributed by atoms with Gasteiger partial charge in [0.25, 0.3) is 0 Å². The first-order valence-electron chi connectivity index (χ1n) is 10.5. The highest BCUT2D eigenvalue weighted by atomic mass is 16.5. The molecule has 31 heavy (non-hydrogen) atoms. The Balaban J connectivity index is 1.67. The molecule has 7 heteroatoms. The van der Waals surface area contributed by atoms with Crippen molar-refractivity contribution in [2.45, 2.75) is 45.1 Å². The lowest BCUT2D eigenvalue weighted by atomic mass is 9.98. The van der Waals surface area contributed by atoms with Crippen LogP contribution in [0.25, 0.3) is 0 Å². The van der Waals surface area contributed by atoms with Gasteiger partial charge in [-0.25, -0.2) is 0 Å². The minimum atomic E-state index is -0.176. The summed E-state index contributed by atoms with van der Waals surface area (Å²) in [5.74, 6) is 2.70. The third kappa shape index (κ3) is 6.57. The molecule has 1 unspecified atom stereocenters. The highest BCUT2D eigenvalue weighted by molar-refractivity contribution is 5.76. The Labute approximate surface area is 182 Å². The van der Waals surface area contributed by atoms with Crippen LogP contribution in [-0.2, 0) is 24.1 Å². The normalized spacial score (nSPS) is 11.7. The number of aryl methyl sites for hydroxylation is 2. The molecular formula is C24H29N3O4. The summed E-state index contributed by atoms with van der Waals surface area (Å²) in [6, 6.07) is 15.4. The highest BCUT2D eigenvalue weighted by Crippen LogP contribution is 2.23. The van der Waals surface area contributed by atoms with Gasteiger partial charge in [-0.2, -0.15) is 4.98 Å². The van der Waals surface area contributed by atoms with Crippen LogP contribution in [0.1, 0.15) is 48.6 Å². The van der Waals surface area contributed by atoms with Gasteiger partial charge in [0.15, 0.2) is 5.82 Å². The van der Waals surface area contributed by atoms with Crippen LogP contribution in [0.15, 0.2) is 53.1 Å². The van der Waals surface area contributed by atoms with E-state index in [4.69, 9.17) is 14.0 Å². The largest absolute Gasteiger partial charge is 0.497 e. The first-order chi connectivity index (χ1) is 15.1. The summed E-state index contributed by atoms with van der Waals surface area (Å²) in [7, 11) is 3.28. The second-order valence-electron chi connectivity index (χ2n) is 7.30. The van der Waals surface area contributed by atoms with Crippen molar-refractivity contribution >= 4 is 5.91 Å². The fourth-order valence-corrected chi connectivity index (χ4v) is 3.29. The van der Waals surface area contributed by atoms with Gasteiger partial charge in [-0.1, -0.05) is 36.3 Å². The van der Waals surface area contributed by atoms with Crippen molar-refractivity contribution in [3.05, 3.63) is 71.4 Å². The molecule has 0 bridgehead atoms. The number of carbonyl (C=O) groups excluding carboxylic acids is 1. The zero-order chi connectivity index (χ0) is 22.1. The highest BCUT2D eigenvalue weighted by Gasteiger charge is 2.17. The molecule has 0 saturated heterocycles. The van der Waals surface area contributed by atoms with Crippen molar-refractivity contribution in [3.63, 3.8) is 0 Å². The molecule has 1 amide bonds. The maximum Gasteiger partial charge on any atom is 0.227 e. The van der Waals surface area contributed by atoms with Crippen molar-refractivity contribution in [1.29, 1.82) is 0 Å². The summed E-state index contributed by atoms with van der Waals surface area (Å²) < 4.78 is 15.7. The number of nitrogens with one attached hydrogen (secondary N) is 1. The van der Waals surface area contributed by atoms with Crippen LogP contribution in [0.4, 0.5) is 0 Å². The minimum absolute atomic E-state index is 0.0652. The van der Waals surface area contributed by atoms with E-state index < -0.39 is 0 Å². The molecule has 3 aromatic rings. The van der Waals surface area contributed by atoms with Crippen molar-refractivity contribution in [1.82, 2.24) is 15.5 Å². The molecule has 2 aromatic carbocycles. The van der Waals surface area contributed by atoms with Crippen LogP contribution in [0.2, 0.25) is 0 Å². The van der Waals surface area contributed by atoms with E-state index in [0.29, 0.717) is 24.6 Å². The molecule has 0 aliphatic heterocycles. The molecule has 0 fully saturated rings. The number of carbonyl (C=O) groups is 1. The van der Waals surface area contributed by atoms with Crippen LogP contribution in [0.5, 0.6) is 11.5 Å². The Morgan fingerprint density at radius 3 is 2.26 bits per heavy atom. The Morgan fingerprint density at radius 2 is 1.65 bits per heavy atom. The number of rotatable bonds is 11. The van der Waals surface area contributed by atoms with Crippen LogP contribution in [0, 0.1) is 0 Å². The van der Waals surface area contributed by atoms with E-state index in [-0.39, 0.29) is 18.4 Å². The molecule has 1 atom stereocenters. The van der Waals surface area contributed by atoms with Crippen LogP contribution >= 0.6 is 0 Å². The smallest absolute Gasteiger partial charge is 0.227 e. The number of nitrogens with zero attached hydrogens (tertiary/aromatic N) is 2. The van der Waals surface area contributed by atoms with Gasteiger partial charge in [0.1, 0.15) is 11.5 Å². The second kappa shape index (κ2) is 11.2. The maximum atomic E-state index is 12.7. The number of ether oxygens (including phenoxy) is 2. The summed E-state index contributed by atoms with van der Waals surface area (Å²) in [4.78, 5) is 17.0. The average Bonchev–Trinajstić information content (AvgIpc) is 3.25. The fraction of sp³-hybridized carbons (Fsp3) is 0.375. The number of methoxy groups -OCH3 is 2. The molecule has 3 rings (SSSR count). The molecule has 1 heterocycles. The van der Waals surface area contributed by atoms with Gasteiger partial charge in [0.05, 0.1) is 20.3 Å². The average molecular weight is 424 g/mol. The quantitative estimate of drug-likeness (QED) is 0.500. The predicted molar refractivity (Wildman–Crippen MR) is 117 cm³/mol. The monoisotopic (exact) mass is 423 g/mol. The van der Waals surface area contributed by atoms with Gasteiger partial charge < -0.3 is 19.3 Å². The van der Waals surface area contributed by atoms with E-state index in [9.17, 15) is 4.79 Å². The van der Waals surface area contributed by atoms with Gasteiger partial charge in [-0.15, -0.1) is 0 Å². The Bertz CT molecular complexity index is 952. The molecule has 1 aromatic heterocycles. The zero-order valence-electron chi connectivity index (χ0n) is 18.3. The van der Waals surface area contributed by atoms with Crippen molar-refractivity contribution in [2.24, 2.45) is 0 Å². The first kappa shape index (κ1) is 22.3. The molecule has 0 saturated carbocycles. The van der Waals surface area contributed by atoms with Gasteiger partial charge >= 0.3 is 0 Å². The third-order valence-corrected chi connectivity index (χ3v) is 5.00. The van der Waals surface area contributed by atoms with E-state index in [1.165, 1.54) is 0 Å². The number of aromatic nitrogens is 2. The Kier molecular flexibility index (Phi) is 8.04. The Hall–Kier alpha value is -3.35. The Morgan fingerprint density at radius 1 is 1.00 bits per heavy atom. The lowest BCUT2D eigenvalue weighted by Gasteiger charge is -2.20. The van der Waals surface area contributed by atoms with Crippen LogP contribution in [0.3, 0.4) is 0 Å². The predicted octanol–water partition coefficient (Wildman–Crippen LogP) is 4.07. The van der Waals surface area contributed by atoms with Crippen LogP contribution in [-0.4, -0.2) is 30.3 Å². The van der Waals surface area contributed by atoms with Gasteiger partial charge in [-0.05, 0) is 48.2 Å². The summed E-state index contributed by atoms with van der Waals surface area (Å²) >= 11 is 0. The lowest BCUT2D eigenvalue weighted by Crippen LogP contribution is -2.30. The van der Waals surface area contributed by atoms with E-state index in [1.54, 1.807) is 14.2 Å². The van der Waals surface area contributed by atoms with Crippen molar-refractivity contribution < 1.29 is 18.8 Å². The zero-order valence-corrected chi connectivity index (χ0v) is 18.3. The summed E-state index contributed by atoms with van der Waals surface area (Å²) in [5.41, 5.74) is 2.11. The first-order valence-corrected chi connectivity index (χ1v) is 10.5. The number of benzene rings is 2. The maximum absolute atomic E-state index is 12.7. The van der Waals surface area contributed by atoms with Crippen molar-refractivity contribution in [3.8, 4) is 11.5 Å². The SMILES string of the molecule is CCCc1noc(CCC(=O)NC(Cc2ccc(OC)cc2)c2ccc(OC)cc2)n1. The summed E-state index contributed by atoms with van der Waals surface area (Å²) in [5, 5.41) is 7.09. The van der Waals surface area contributed by atoms with E-state index in [0.717, 1.165) is 35.5 Å². The third-order valence-electron chi connectivity index (χ3n) is 5.00. The number of amides is 1. The molecule has 0 aliphatic rings. The van der Waals surface area contributed by atoms with E-state index >= 15 is 0 Å². The van der Waals surface area contributed by atoms with E-state index in [1.807, 2.05) is 48.5 Å². The second-order valence-corrected chi connectivity index (χ2v) is 7.30. The van der Waals surface area contributed by atoms with Crippen LogP contribution < -0.4 is 14.8 Å². The molecule has 7 nitrogen and oxygen atoms in total.